The van der Waals surface area contributed by atoms with Crippen molar-refractivity contribution in [1.82, 2.24) is 15.2 Å². The number of fused-ring (bicyclic) bond motifs is 1. The van der Waals surface area contributed by atoms with E-state index in [4.69, 9.17) is 11.6 Å². The Balaban J connectivity index is 1.56. The van der Waals surface area contributed by atoms with Crippen LogP contribution in [0.5, 0.6) is 0 Å². The third-order valence-corrected chi connectivity index (χ3v) is 5.46. The summed E-state index contributed by atoms with van der Waals surface area (Å²) in [6.45, 7) is 4.70. The first-order valence-electron chi connectivity index (χ1n) is 8.28. The van der Waals surface area contributed by atoms with Crippen molar-refractivity contribution in [3.63, 3.8) is 0 Å². The lowest BCUT2D eigenvalue weighted by atomic mass is 10.0. The number of carbonyl (C=O) groups is 2. The molecule has 1 aromatic carbocycles. The molecule has 1 saturated carbocycles. The normalized spacial score (nSPS) is 20.7. The standard InChI is InChI=1S/C19H18ClN3O2/c1-2-17(24)22-16-10-23(11-19(16)5-6-19)18(25)13-7-12-3-4-14(20)8-15(12)21-9-13/h2-4,7-9,16H,1,5-6,10-11H2,(H,22,24). The van der Waals surface area contributed by atoms with E-state index in [1.807, 2.05) is 17.0 Å². The summed E-state index contributed by atoms with van der Waals surface area (Å²) >= 11 is 5.98. The molecule has 2 fully saturated rings. The molecule has 1 atom stereocenters. The molecule has 1 N–H and O–H groups in total. The summed E-state index contributed by atoms with van der Waals surface area (Å²) in [6, 6.07) is 7.27. The van der Waals surface area contributed by atoms with Gasteiger partial charge in [0.15, 0.2) is 0 Å². The first-order valence-corrected chi connectivity index (χ1v) is 8.66. The number of pyridine rings is 1. The summed E-state index contributed by atoms with van der Waals surface area (Å²) in [6.07, 6.45) is 4.94. The molecule has 6 heteroatoms. The molecule has 5 nitrogen and oxygen atoms in total. The lowest BCUT2D eigenvalue weighted by Gasteiger charge is -2.17. The van der Waals surface area contributed by atoms with Crippen molar-refractivity contribution >= 4 is 34.3 Å². The molecule has 4 rings (SSSR count). The second kappa shape index (κ2) is 5.85. The summed E-state index contributed by atoms with van der Waals surface area (Å²) in [5.41, 5.74) is 1.35. The lowest BCUT2D eigenvalue weighted by molar-refractivity contribution is -0.117. The maximum Gasteiger partial charge on any atom is 0.255 e. The van der Waals surface area contributed by atoms with E-state index in [9.17, 15) is 9.59 Å². The topological polar surface area (TPSA) is 62.3 Å². The fourth-order valence-electron chi connectivity index (χ4n) is 3.61. The Bertz CT molecular complexity index is 891. The number of likely N-dealkylation sites (tertiary alicyclic amines) is 1. The fourth-order valence-corrected chi connectivity index (χ4v) is 3.78. The van der Waals surface area contributed by atoms with Gasteiger partial charge in [-0.25, -0.2) is 0 Å². The molecular weight excluding hydrogens is 338 g/mol. The molecule has 1 aliphatic heterocycles. The zero-order chi connectivity index (χ0) is 17.6. The van der Waals surface area contributed by atoms with E-state index >= 15 is 0 Å². The summed E-state index contributed by atoms with van der Waals surface area (Å²) in [5, 5.41) is 4.47. The molecular formula is C19H18ClN3O2. The average Bonchev–Trinajstić information content (AvgIpc) is 3.30. The predicted molar refractivity (Wildman–Crippen MR) is 96.5 cm³/mol. The minimum absolute atomic E-state index is 0.00540. The zero-order valence-corrected chi connectivity index (χ0v) is 14.4. The molecule has 0 bridgehead atoms. The molecule has 1 aromatic heterocycles. The van der Waals surface area contributed by atoms with Crippen molar-refractivity contribution in [3.05, 3.63) is 53.7 Å². The molecule has 1 spiro atoms. The number of nitrogens with one attached hydrogen (secondary N) is 1. The lowest BCUT2D eigenvalue weighted by Crippen LogP contribution is -2.41. The Labute approximate surface area is 150 Å². The molecule has 2 amide bonds. The third-order valence-electron chi connectivity index (χ3n) is 5.22. The molecule has 1 saturated heterocycles. The van der Waals surface area contributed by atoms with Crippen molar-refractivity contribution in [2.75, 3.05) is 13.1 Å². The van der Waals surface area contributed by atoms with Gasteiger partial charge in [0.05, 0.1) is 17.1 Å². The quantitative estimate of drug-likeness (QED) is 0.861. The third kappa shape index (κ3) is 2.89. The maximum absolute atomic E-state index is 12.9. The van der Waals surface area contributed by atoms with Crippen LogP contribution in [0.25, 0.3) is 10.9 Å². The minimum Gasteiger partial charge on any atom is -0.347 e. The van der Waals surface area contributed by atoms with Crippen LogP contribution in [0.2, 0.25) is 5.02 Å². The second-order valence-electron chi connectivity index (χ2n) is 6.87. The number of carbonyl (C=O) groups excluding carboxylic acids is 2. The minimum atomic E-state index is -0.185. The molecule has 1 aliphatic carbocycles. The van der Waals surface area contributed by atoms with E-state index < -0.39 is 0 Å². The van der Waals surface area contributed by atoms with Gasteiger partial charge in [-0.1, -0.05) is 24.2 Å². The number of aromatic nitrogens is 1. The van der Waals surface area contributed by atoms with Crippen LogP contribution in [0, 0.1) is 5.41 Å². The van der Waals surface area contributed by atoms with Crippen LogP contribution in [-0.2, 0) is 4.79 Å². The Morgan fingerprint density at radius 1 is 1.36 bits per heavy atom. The monoisotopic (exact) mass is 355 g/mol. The van der Waals surface area contributed by atoms with Crippen LogP contribution in [0.4, 0.5) is 0 Å². The van der Waals surface area contributed by atoms with Gasteiger partial charge in [0.2, 0.25) is 5.91 Å². The number of nitrogens with zero attached hydrogens (tertiary/aromatic N) is 2. The maximum atomic E-state index is 12.9. The van der Waals surface area contributed by atoms with Gasteiger partial charge in [-0.15, -0.1) is 0 Å². The number of halogens is 1. The highest BCUT2D eigenvalue weighted by molar-refractivity contribution is 6.31. The van der Waals surface area contributed by atoms with Gasteiger partial charge in [0, 0.05) is 35.1 Å². The highest BCUT2D eigenvalue weighted by Crippen LogP contribution is 2.53. The van der Waals surface area contributed by atoms with E-state index in [1.54, 1.807) is 18.3 Å². The Hall–Kier alpha value is -2.40. The molecule has 1 unspecified atom stereocenters. The average molecular weight is 356 g/mol. The Kier molecular flexibility index (Phi) is 3.76. The number of benzene rings is 1. The molecule has 2 heterocycles. The van der Waals surface area contributed by atoms with E-state index in [2.05, 4.69) is 16.9 Å². The Morgan fingerprint density at radius 2 is 2.16 bits per heavy atom. The smallest absolute Gasteiger partial charge is 0.255 e. The number of rotatable bonds is 3. The van der Waals surface area contributed by atoms with E-state index in [0.717, 1.165) is 23.7 Å². The SMILES string of the molecule is C=CC(=O)NC1CN(C(=O)c2cnc3cc(Cl)ccc3c2)CC12CC2. The summed E-state index contributed by atoms with van der Waals surface area (Å²) in [7, 11) is 0. The first kappa shape index (κ1) is 16.1. The number of hydrogen-bond acceptors (Lipinski definition) is 3. The van der Waals surface area contributed by atoms with Crippen molar-refractivity contribution in [3.8, 4) is 0 Å². The summed E-state index contributed by atoms with van der Waals surface area (Å²) < 4.78 is 0. The van der Waals surface area contributed by atoms with Gasteiger partial charge in [-0.3, -0.25) is 14.6 Å². The summed E-state index contributed by atoms with van der Waals surface area (Å²) in [5.74, 6) is -0.235. The van der Waals surface area contributed by atoms with Crippen molar-refractivity contribution < 1.29 is 9.59 Å². The Morgan fingerprint density at radius 3 is 2.88 bits per heavy atom. The van der Waals surface area contributed by atoms with Gasteiger partial charge < -0.3 is 10.2 Å². The predicted octanol–water partition coefficient (Wildman–Crippen LogP) is 2.80. The largest absolute Gasteiger partial charge is 0.347 e. The van der Waals surface area contributed by atoms with Crippen LogP contribution in [0.15, 0.2) is 43.1 Å². The van der Waals surface area contributed by atoms with Crippen molar-refractivity contribution in [2.45, 2.75) is 18.9 Å². The molecule has 0 radical (unpaired) electrons. The van der Waals surface area contributed by atoms with Crippen LogP contribution < -0.4 is 5.32 Å². The van der Waals surface area contributed by atoms with Crippen LogP contribution in [0.1, 0.15) is 23.2 Å². The van der Waals surface area contributed by atoms with Crippen molar-refractivity contribution in [2.24, 2.45) is 5.41 Å². The fraction of sp³-hybridized carbons (Fsp3) is 0.316. The first-order chi connectivity index (χ1) is 12.0. The molecule has 2 aliphatic rings. The van der Waals surface area contributed by atoms with Crippen LogP contribution in [-0.4, -0.2) is 40.8 Å². The number of amides is 2. The molecule has 128 valence electrons. The highest BCUT2D eigenvalue weighted by atomic mass is 35.5. The zero-order valence-electron chi connectivity index (χ0n) is 13.7. The van der Waals surface area contributed by atoms with Crippen LogP contribution in [0.3, 0.4) is 0 Å². The van der Waals surface area contributed by atoms with Gasteiger partial charge in [0.1, 0.15) is 0 Å². The highest BCUT2D eigenvalue weighted by Gasteiger charge is 2.56. The van der Waals surface area contributed by atoms with E-state index in [-0.39, 0.29) is 23.3 Å². The summed E-state index contributed by atoms with van der Waals surface area (Å²) in [4.78, 5) is 30.7. The van der Waals surface area contributed by atoms with Crippen molar-refractivity contribution in [1.29, 1.82) is 0 Å². The molecule has 2 aromatic rings. The van der Waals surface area contributed by atoms with Gasteiger partial charge in [-0.05, 0) is 37.1 Å². The molecule has 25 heavy (non-hydrogen) atoms. The van der Waals surface area contributed by atoms with E-state index in [0.29, 0.717) is 23.7 Å². The second-order valence-corrected chi connectivity index (χ2v) is 7.31. The van der Waals surface area contributed by atoms with Gasteiger partial charge >= 0.3 is 0 Å². The van der Waals surface area contributed by atoms with Gasteiger partial charge in [0.25, 0.3) is 5.91 Å². The number of hydrogen-bond donors (Lipinski definition) is 1. The van der Waals surface area contributed by atoms with Gasteiger partial charge in [-0.2, -0.15) is 0 Å². The van der Waals surface area contributed by atoms with Crippen LogP contribution >= 0.6 is 11.6 Å². The van der Waals surface area contributed by atoms with E-state index in [1.165, 1.54) is 6.08 Å².